The number of halogens is 1. The van der Waals surface area contributed by atoms with Crippen molar-refractivity contribution in [2.75, 3.05) is 0 Å². The van der Waals surface area contributed by atoms with Crippen molar-refractivity contribution in [3.63, 3.8) is 0 Å². The second kappa shape index (κ2) is 6.72. The molecule has 0 spiro atoms. The number of carbonyl (C=O) groups is 1. The Balaban J connectivity index is 2.08. The zero-order chi connectivity index (χ0) is 15.4. The molecule has 0 atom stereocenters. The summed E-state index contributed by atoms with van der Waals surface area (Å²) >= 11 is 5.84. The molecule has 2 aromatic rings. The van der Waals surface area contributed by atoms with Gasteiger partial charge in [0.05, 0.1) is 10.7 Å². The quantitative estimate of drug-likeness (QED) is 0.797. The van der Waals surface area contributed by atoms with Crippen LogP contribution in [-0.4, -0.2) is 15.4 Å². The Morgan fingerprint density at radius 3 is 2.90 bits per heavy atom. The number of esters is 1. The average Bonchev–Trinajstić information content (AvgIpc) is 2.43. The highest BCUT2D eigenvalue weighted by molar-refractivity contribution is 6.30. The highest BCUT2D eigenvalue weighted by Gasteiger charge is 2.08. The molecule has 0 radical (unpaired) electrons. The molecule has 21 heavy (non-hydrogen) atoms. The summed E-state index contributed by atoms with van der Waals surface area (Å²) in [4.78, 5) is 27.8. The molecule has 0 aliphatic carbocycles. The topological polar surface area (TPSA) is 60.7 Å². The van der Waals surface area contributed by atoms with Crippen LogP contribution in [0.5, 0.6) is 0 Å². The largest absolute Gasteiger partial charge is 0.459 e. The van der Waals surface area contributed by atoms with E-state index in [1.54, 1.807) is 12.1 Å². The molecule has 6 heteroatoms. The number of nitrogens with zero attached hydrogens (tertiary/aromatic N) is 2. The summed E-state index contributed by atoms with van der Waals surface area (Å²) in [6, 6.07) is 4.65. The molecule has 0 fully saturated rings. The Bertz CT molecular complexity index is 710. The van der Waals surface area contributed by atoms with Gasteiger partial charge in [0.1, 0.15) is 12.3 Å². The van der Waals surface area contributed by atoms with Gasteiger partial charge in [-0.2, -0.15) is 0 Å². The maximum absolute atomic E-state index is 11.9. The van der Waals surface area contributed by atoms with Gasteiger partial charge in [-0.25, -0.2) is 4.98 Å². The van der Waals surface area contributed by atoms with Gasteiger partial charge in [-0.15, -0.1) is 0 Å². The van der Waals surface area contributed by atoms with Crippen molar-refractivity contribution in [1.29, 1.82) is 0 Å². The first kappa shape index (κ1) is 15.5. The normalized spacial score (nSPS) is 11.0. The first-order valence-corrected chi connectivity index (χ1v) is 7.17. The molecule has 0 saturated carbocycles. The Kier molecular flexibility index (Phi) is 4.96. The molecule has 0 bridgehead atoms. The third-order valence-corrected chi connectivity index (χ3v) is 3.21. The summed E-state index contributed by atoms with van der Waals surface area (Å²) < 4.78 is 6.48. The first-order valence-electron chi connectivity index (χ1n) is 6.79. The van der Waals surface area contributed by atoms with Crippen LogP contribution in [0, 0.1) is 5.92 Å². The third kappa shape index (κ3) is 4.29. The Morgan fingerprint density at radius 2 is 2.19 bits per heavy atom. The lowest BCUT2D eigenvalue weighted by atomic mass is 10.1. The maximum Gasteiger partial charge on any atom is 0.306 e. The molecule has 0 aliphatic heterocycles. The van der Waals surface area contributed by atoms with Gasteiger partial charge in [0.25, 0.3) is 5.56 Å². The van der Waals surface area contributed by atoms with Crippen molar-refractivity contribution in [3.8, 4) is 0 Å². The number of hydrogen-bond donors (Lipinski definition) is 0. The van der Waals surface area contributed by atoms with Crippen molar-refractivity contribution in [1.82, 2.24) is 9.38 Å². The van der Waals surface area contributed by atoms with Gasteiger partial charge in [-0.3, -0.25) is 14.0 Å². The lowest BCUT2D eigenvalue weighted by Crippen LogP contribution is -2.16. The van der Waals surface area contributed by atoms with Crippen molar-refractivity contribution >= 4 is 23.2 Å². The van der Waals surface area contributed by atoms with Gasteiger partial charge in [-0.05, 0) is 24.5 Å². The molecule has 2 heterocycles. The van der Waals surface area contributed by atoms with Crippen LogP contribution >= 0.6 is 11.6 Å². The predicted molar refractivity (Wildman–Crippen MR) is 80.3 cm³/mol. The molecule has 0 N–H and O–H groups in total. The lowest BCUT2D eigenvalue weighted by molar-refractivity contribution is -0.145. The Labute approximate surface area is 127 Å². The fourth-order valence-corrected chi connectivity index (χ4v) is 1.99. The summed E-state index contributed by atoms with van der Waals surface area (Å²) in [7, 11) is 0. The number of ether oxygens (including phenoxy) is 1. The van der Waals surface area contributed by atoms with E-state index in [-0.39, 0.29) is 18.1 Å². The molecule has 0 unspecified atom stereocenters. The van der Waals surface area contributed by atoms with Crippen molar-refractivity contribution in [2.45, 2.75) is 33.3 Å². The van der Waals surface area contributed by atoms with Crippen LogP contribution in [0.2, 0.25) is 5.02 Å². The highest BCUT2D eigenvalue weighted by atomic mass is 35.5. The molecule has 2 rings (SSSR count). The standard InChI is InChI=1S/C15H17ClN2O3/c1-10(2)3-6-15(20)21-9-12-7-14(19)18-8-11(16)4-5-13(18)17-12/h4-5,7-8,10H,3,6,9H2,1-2H3. The van der Waals surface area contributed by atoms with Crippen LogP contribution in [-0.2, 0) is 16.1 Å². The summed E-state index contributed by atoms with van der Waals surface area (Å²) in [5.74, 6) is 0.174. The number of carbonyl (C=O) groups excluding carboxylic acids is 1. The zero-order valence-corrected chi connectivity index (χ0v) is 12.8. The van der Waals surface area contributed by atoms with Crippen molar-refractivity contribution in [2.24, 2.45) is 5.92 Å². The van der Waals surface area contributed by atoms with E-state index >= 15 is 0 Å². The van der Waals surface area contributed by atoms with E-state index < -0.39 is 0 Å². The van der Waals surface area contributed by atoms with Gasteiger partial charge in [0.2, 0.25) is 0 Å². The molecular weight excluding hydrogens is 292 g/mol. The average molecular weight is 309 g/mol. The van der Waals surface area contributed by atoms with Gasteiger partial charge >= 0.3 is 5.97 Å². The summed E-state index contributed by atoms with van der Waals surface area (Å²) in [6.45, 7) is 4.10. The minimum Gasteiger partial charge on any atom is -0.459 e. The molecule has 0 saturated heterocycles. The van der Waals surface area contributed by atoms with Crippen molar-refractivity contribution in [3.05, 3.63) is 45.5 Å². The number of pyridine rings is 1. The molecule has 112 valence electrons. The van der Waals surface area contributed by atoms with Crippen LogP contribution in [0.15, 0.2) is 29.2 Å². The first-order chi connectivity index (χ1) is 9.95. The molecule has 5 nitrogen and oxygen atoms in total. The summed E-state index contributed by atoms with van der Waals surface area (Å²) in [5.41, 5.74) is 0.649. The number of hydrogen-bond acceptors (Lipinski definition) is 4. The molecule has 0 amide bonds. The van der Waals surface area contributed by atoms with Gasteiger partial charge in [0, 0.05) is 18.7 Å². The van der Waals surface area contributed by atoms with Gasteiger partial charge in [-0.1, -0.05) is 25.4 Å². The number of aromatic nitrogens is 2. The zero-order valence-electron chi connectivity index (χ0n) is 12.0. The molecule has 2 aromatic heterocycles. The Morgan fingerprint density at radius 1 is 1.43 bits per heavy atom. The van der Waals surface area contributed by atoms with E-state index in [0.717, 1.165) is 6.42 Å². The van der Waals surface area contributed by atoms with E-state index in [4.69, 9.17) is 16.3 Å². The summed E-state index contributed by atoms with van der Waals surface area (Å²) in [6.07, 6.45) is 2.66. The minimum atomic E-state index is -0.276. The fourth-order valence-electron chi connectivity index (χ4n) is 1.83. The van der Waals surface area contributed by atoms with Crippen molar-refractivity contribution < 1.29 is 9.53 Å². The van der Waals surface area contributed by atoms with E-state index in [9.17, 15) is 9.59 Å². The van der Waals surface area contributed by atoms with Gasteiger partial charge in [0.15, 0.2) is 0 Å². The van der Waals surface area contributed by atoms with Gasteiger partial charge < -0.3 is 4.74 Å². The number of rotatable bonds is 5. The minimum absolute atomic E-state index is 0.00525. The smallest absolute Gasteiger partial charge is 0.306 e. The van der Waals surface area contributed by atoms with E-state index in [1.807, 2.05) is 13.8 Å². The third-order valence-electron chi connectivity index (χ3n) is 2.98. The second-order valence-corrected chi connectivity index (χ2v) is 5.69. The van der Waals surface area contributed by atoms with Crippen LogP contribution in [0.25, 0.3) is 5.65 Å². The van der Waals surface area contributed by atoms with Crippen LogP contribution in [0.4, 0.5) is 0 Å². The van der Waals surface area contributed by atoms with E-state index in [2.05, 4.69) is 4.98 Å². The fraction of sp³-hybridized carbons (Fsp3) is 0.400. The van der Waals surface area contributed by atoms with Crippen LogP contribution in [0.3, 0.4) is 0 Å². The molecule has 0 aliphatic rings. The SMILES string of the molecule is CC(C)CCC(=O)OCc1cc(=O)n2cc(Cl)ccc2n1. The predicted octanol–water partition coefficient (Wildman–Crippen LogP) is 2.83. The highest BCUT2D eigenvalue weighted by Crippen LogP contribution is 2.09. The second-order valence-electron chi connectivity index (χ2n) is 5.25. The monoisotopic (exact) mass is 308 g/mol. The van der Waals surface area contributed by atoms with Crippen LogP contribution < -0.4 is 5.56 Å². The lowest BCUT2D eigenvalue weighted by Gasteiger charge is -2.07. The maximum atomic E-state index is 11.9. The molecule has 0 aromatic carbocycles. The summed E-state index contributed by atoms with van der Waals surface area (Å²) in [5, 5.41) is 0.458. The van der Waals surface area contributed by atoms with E-state index in [1.165, 1.54) is 16.7 Å². The molecular formula is C15H17ClN2O3. The van der Waals surface area contributed by atoms with E-state index in [0.29, 0.717) is 28.7 Å². The van der Waals surface area contributed by atoms with Crippen LogP contribution in [0.1, 0.15) is 32.4 Å². The Hall–Kier alpha value is -1.88. The number of fused-ring (bicyclic) bond motifs is 1.